The number of hydrogen-bond donors (Lipinski definition) is 0. The Balaban J connectivity index is 1.17. The fourth-order valence-electron chi connectivity index (χ4n) is 18.7. The van der Waals surface area contributed by atoms with E-state index in [0.717, 1.165) is 6.42 Å². The van der Waals surface area contributed by atoms with Gasteiger partial charge in [-0.3, -0.25) is 0 Å². The first kappa shape index (κ1) is 54.2. The van der Waals surface area contributed by atoms with Crippen molar-refractivity contribution in [3.8, 4) is 0 Å². The lowest BCUT2D eigenvalue weighted by molar-refractivity contribution is 0.194. The van der Waals surface area contributed by atoms with E-state index in [1.54, 1.807) is 26.3 Å². The van der Waals surface area contributed by atoms with Crippen LogP contribution in [0.25, 0.3) is 0 Å². The Labute approximate surface area is 494 Å². The lowest BCUT2D eigenvalue weighted by atomic mass is 9.35. The molecule has 5 heteroatoms. The first-order valence-corrected chi connectivity index (χ1v) is 32.8. The molecule has 14 rings (SSSR count). The van der Waals surface area contributed by atoms with Gasteiger partial charge < -0.3 is 14.7 Å². The minimum Gasteiger partial charge on any atom is -0.334 e. The van der Waals surface area contributed by atoms with E-state index in [9.17, 15) is 0 Å². The zero-order valence-electron chi connectivity index (χ0n) is 53.7. The Morgan fingerprint density at radius 1 is 0.395 bits per heavy atom. The van der Waals surface area contributed by atoms with Crippen molar-refractivity contribution in [2.24, 2.45) is 0 Å². The second kappa shape index (κ2) is 16.6. The zero-order valence-corrected chi connectivity index (χ0v) is 54.6. The second-order valence-corrected chi connectivity index (χ2v) is 34.7. The van der Waals surface area contributed by atoms with E-state index in [1.807, 2.05) is 0 Å². The summed E-state index contributed by atoms with van der Waals surface area (Å²) in [5.41, 5.74) is 29.5. The van der Waals surface area contributed by atoms with Crippen LogP contribution >= 0.6 is 11.3 Å². The third kappa shape index (κ3) is 7.30. The largest absolute Gasteiger partial charge is 0.334 e. The minimum absolute atomic E-state index is 0.000421. The third-order valence-electron chi connectivity index (χ3n) is 24.5. The highest BCUT2D eigenvalue weighted by molar-refractivity contribution is 7.29. The van der Waals surface area contributed by atoms with Gasteiger partial charge in [0.1, 0.15) is 0 Å². The molecule has 2 unspecified atom stereocenters. The van der Waals surface area contributed by atoms with Crippen molar-refractivity contribution in [1.29, 1.82) is 0 Å². The van der Waals surface area contributed by atoms with Gasteiger partial charge in [-0.2, -0.15) is 11.3 Å². The van der Waals surface area contributed by atoms with Crippen LogP contribution in [0.4, 0.5) is 45.5 Å². The van der Waals surface area contributed by atoms with Crippen LogP contribution in [0, 0.1) is 13.8 Å². The monoisotopic (exact) mass is 1090 g/mol. The van der Waals surface area contributed by atoms with Crippen LogP contribution in [0.5, 0.6) is 0 Å². The number of aryl methyl sites for hydroxylation is 2. The standard InChI is InChI=1S/C76H96BN3S/c1-45-37-46(2)61-58(38-45)80(76(20)28-22-21-27-75(61,76)19)49-41-59-63-60(42-49)79(48-24-26-51-53(40-48)70(9,10)32-30-68(51,5)6)64-62-65(74(17,18)36-35-73(62,15)16)81-66(64)77(63)56-43-54-55(72(13,14)34-33-71(54,11)12)44-57(56)78(59)47-23-25-50-52(39-47)69(7,8)31-29-67(50,3)4/h23-26,37-44H,21-22,27-36H2,1-20H3. The summed E-state index contributed by atoms with van der Waals surface area (Å²) in [6.07, 6.45) is 14.4. The number of nitrogens with zero attached hydrogens (tertiary/aromatic N) is 3. The van der Waals surface area contributed by atoms with Crippen LogP contribution in [0.3, 0.4) is 0 Å². The van der Waals surface area contributed by atoms with Crippen LogP contribution in [-0.4, -0.2) is 12.3 Å². The van der Waals surface area contributed by atoms with Crippen molar-refractivity contribution in [2.75, 3.05) is 14.7 Å². The Morgan fingerprint density at radius 3 is 1.43 bits per heavy atom. The molecule has 5 aromatic carbocycles. The van der Waals surface area contributed by atoms with E-state index in [-0.39, 0.29) is 61.0 Å². The molecule has 3 aliphatic heterocycles. The van der Waals surface area contributed by atoms with Crippen molar-refractivity contribution in [2.45, 2.75) is 270 Å². The molecule has 1 saturated carbocycles. The zero-order chi connectivity index (χ0) is 57.7. The topological polar surface area (TPSA) is 9.72 Å². The molecule has 8 aliphatic rings. The number of fused-ring (bicyclic) bond motifs is 12. The smallest absolute Gasteiger partial charge is 0.264 e. The van der Waals surface area contributed by atoms with Crippen molar-refractivity contribution < 1.29 is 0 Å². The average molecular weight is 1090 g/mol. The van der Waals surface area contributed by atoms with Crippen LogP contribution in [0.2, 0.25) is 0 Å². The molecule has 4 heterocycles. The predicted octanol–water partition coefficient (Wildman–Crippen LogP) is 19.6. The third-order valence-corrected chi connectivity index (χ3v) is 26.1. The van der Waals surface area contributed by atoms with Crippen molar-refractivity contribution in [3.63, 3.8) is 0 Å². The maximum atomic E-state index is 2.93. The van der Waals surface area contributed by atoms with E-state index in [4.69, 9.17) is 0 Å². The van der Waals surface area contributed by atoms with Crippen LogP contribution in [-0.2, 0) is 48.7 Å². The van der Waals surface area contributed by atoms with Gasteiger partial charge in [-0.15, -0.1) is 0 Å². The molecule has 0 bridgehead atoms. The first-order valence-electron chi connectivity index (χ1n) is 32.0. The van der Waals surface area contributed by atoms with E-state index in [0.29, 0.717) is 0 Å². The average Bonchev–Trinajstić information content (AvgIpc) is 1.88. The minimum atomic E-state index is -0.125. The molecular formula is C76H96BN3S. The summed E-state index contributed by atoms with van der Waals surface area (Å²) in [5, 5.41) is 0. The van der Waals surface area contributed by atoms with Crippen molar-refractivity contribution in [1.82, 2.24) is 0 Å². The number of rotatable bonds is 3. The van der Waals surface area contributed by atoms with Crippen molar-refractivity contribution in [3.05, 3.63) is 133 Å². The SMILES string of the molecule is Cc1cc(C)c2c(c1)N(c1cc3c4c(c1)N(c1ccc5c(c1)C(C)(C)CCC5(C)C)c1c(sc5c1C(C)(C)CCC5(C)C)B4c1cc4c(cc1N3c1ccc3c(c1)C(C)(C)CCC3(C)C)C(C)(C)CCC4(C)C)C1(C)CCCCC21C. The summed E-state index contributed by atoms with van der Waals surface area (Å²) in [6.45, 7) is 50.7. The highest BCUT2D eigenvalue weighted by Crippen LogP contribution is 2.64. The quantitative estimate of drug-likeness (QED) is 0.163. The highest BCUT2D eigenvalue weighted by atomic mass is 32.1. The summed E-state index contributed by atoms with van der Waals surface area (Å²) in [5.74, 6) is 0. The van der Waals surface area contributed by atoms with Gasteiger partial charge in [-0.05, 0) is 243 Å². The van der Waals surface area contributed by atoms with E-state index in [2.05, 4.69) is 237 Å². The normalized spacial score (nSPS) is 26.5. The molecular weight excluding hydrogens is 998 g/mol. The van der Waals surface area contributed by atoms with Gasteiger partial charge in [0.2, 0.25) is 0 Å². The van der Waals surface area contributed by atoms with Crippen molar-refractivity contribution >= 4 is 79.3 Å². The first-order chi connectivity index (χ1) is 37.6. The van der Waals surface area contributed by atoms with E-state index < -0.39 is 0 Å². The van der Waals surface area contributed by atoms with E-state index in [1.165, 1.54) is 166 Å². The maximum Gasteiger partial charge on any atom is 0.264 e. The summed E-state index contributed by atoms with van der Waals surface area (Å²) >= 11 is 2.19. The maximum absolute atomic E-state index is 2.93. The van der Waals surface area contributed by atoms with Gasteiger partial charge in [0, 0.05) is 54.9 Å². The van der Waals surface area contributed by atoms with Crippen LogP contribution in [0.1, 0.15) is 262 Å². The molecule has 1 fully saturated rings. The number of anilines is 8. The molecule has 0 amide bonds. The number of thiophene rings is 1. The number of benzene rings is 5. The molecule has 81 heavy (non-hydrogen) atoms. The van der Waals surface area contributed by atoms with Gasteiger partial charge in [0.05, 0.1) is 11.2 Å². The summed E-state index contributed by atoms with van der Waals surface area (Å²) < 4.78 is 1.55. The summed E-state index contributed by atoms with van der Waals surface area (Å²) in [7, 11) is 0. The fraction of sp³-hybridized carbons (Fsp3) is 0.553. The molecule has 1 aromatic heterocycles. The van der Waals surface area contributed by atoms with Gasteiger partial charge in [0.25, 0.3) is 6.71 Å². The van der Waals surface area contributed by atoms with Crippen LogP contribution in [0.15, 0.2) is 72.8 Å². The molecule has 0 spiro atoms. The molecule has 5 aliphatic carbocycles. The van der Waals surface area contributed by atoms with Gasteiger partial charge >= 0.3 is 0 Å². The summed E-state index contributed by atoms with van der Waals surface area (Å²) in [4.78, 5) is 10.3. The molecule has 6 aromatic rings. The summed E-state index contributed by atoms with van der Waals surface area (Å²) in [6, 6.07) is 31.7. The lowest BCUT2D eigenvalue weighted by Gasteiger charge is -2.51. The predicted molar refractivity (Wildman–Crippen MR) is 352 cm³/mol. The van der Waals surface area contributed by atoms with E-state index >= 15 is 0 Å². The Morgan fingerprint density at radius 2 is 0.864 bits per heavy atom. The Bertz CT molecular complexity index is 3720. The van der Waals surface area contributed by atoms with Gasteiger partial charge in [-0.25, -0.2) is 0 Å². The lowest BCUT2D eigenvalue weighted by Crippen LogP contribution is -2.61. The number of hydrogen-bond acceptors (Lipinski definition) is 4. The molecule has 0 N–H and O–H groups in total. The second-order valence-electron chi connectivity index (χ2n) is 33.6. The van der Waals surface area contributed by atoms with Gasteiger partial charge in [0.15, 0.2) is 0 Å². The molecule has 0 radical (unpaired) electrons. The molecule has 424 valence electrons. The highest BCUT2D eigenvalue weighted by Gasteiger charge is 2.60. The molecule has 0 saturated heterocycles. The van der Waals surface area contributed by atoms with Crippen LogP contribution < -0.4 is 30.4 Å². The fourth-order valence-corrected chi connectivity index (χ4v) is 20.4. The Kier molecular flexibility index (Phi) is 11.1. The van der Waals surface area contributed by atoms with Gasteiger partial charge in [-0.1, -0.05) is 155 Å². The molecule has 3 nitrogen and oxygen atoms in total. The molecule has 2 atom stereocenters. The Hall–Kier alpha value is -4.74.